The summed E-state index contributed by atoms with van der Waals surface area (Å²) in [6.45, 7) is 0.907. The molecule has 1 saturated heterocycles. The first-order chi connectivity index (χ1) is 12.0. The third kappa shape index (κ3) is 4.19. The van der Waals surface area contributed by atoms with Crippen molar-refractivity contribution < 1.29 is 28.8 Å². The Kier molecular flexibility index (Phi) is 5.37. The van der Waals surface area contributed by atoms with Gasteiger partial charge in [0.2, 0.25) is 0 Å². The number of carbonyl (C=O) groups excluding carboxylic acids is 2. The van der Waals surface area contributed by atoms with Crippen LogP contribution in [0.2, 0.25) is 0 Å². The molecule has 0 saturated carbocycles. The molecule has 1 aromatic heterocycles. The molecule has 3 rings (SSSR count). The second-order valence-electron chi connectivity index (χ2n) is 5.99. The van der Waals surface area contributed by atoms with Gasteiger partial charge in [0.15, 0.2) is 0 Å². The highest BCUT2D eigenvalue weighted by atomic mass is 16.5. The lowest BCUT2D eigenvalue weighted by molar-refractivity contribution is -0.139. The third-order valence-corrected chi connectivity index (χ3v) is 4.15. The van der Waals surface area contributed by atoms with E-state index in [1.807, 2.05) is 18.2 Å². The number of furan rings is 1. The number of para-hydroxylation sites is 1. The summed E-state index contributed by atoms with van der Waals surface area (Å²) < 4.78 is 10.5. The molecule has 4 N–H and O–H groups in total. The summed E-state index contributed by atoms with van der Waals surface area (Å²) in [4.78, 5) is 23.9. The van der Waals surface area contributed by atoms with E-state index < -0.39 is 24.9 Å². The molecule has 2 atom stereocenters. The van der Waals surface area contributed by atoms with Crippen LogP contribution in [0.15, 0.2) is 34.9 Å². The maximum Gasteiger partial charge on any atom is 0.475 e. The van der Waals surface area contributed by atoms with Crippen LogP contribution in [0.4, 0.5) is 0 Å². The maximum absolute atomic E-state index is 12.0. The Morgan fingerprint density at radius 2 is 2.08 bits per heavy atom. The number of ether oxygens (including phenoxy) is 1. The zero-order valence-corrected chi connectivity index (χ0v) is 13.5. The molecule has 132 valence electrons. The van der Waals surface area contributed by atoms with E-state index in [4.69, 9.17) is 9.15 Å². The van der Waals surface area contributed by atoms with E-state index in [1.54, 1.807) is 6.07 Å². The first-order valence-electron chi connectivity index (χ1n) is 8.05. The minimum atomic E-state index is -1.82. The molecule has 0 spiro atoms. The van der Waals surface area contributed by atoms with Gasteiger partial charge in [-0.25, -0.2) is 0 Å². The van der Waals surface area contributed by atoms with Crippen LogP contribution in [0.1, 0.15) is 12.0 Å². The molecule has 2 amide bonds. The molecular weight excluding hydrogens is 327 g/mol. The standard InChI is InChI=1S/C16H19BN2O6/c20-15(18-11-5-6-24-9-11)16(21)19-14(17(22)23)7-10-8-25-13-4-2-1-3-12(10)13/h1-4,8,11,14,22-23H,5-7,9H2,(H,18,20)(H,19,21). The minimum Gasteiger partial charge on any atom is -0.464 e. The fourth-order valence-electron chi connectivity index (χ4n) is 2.79. The van der Waals surface area contributed by atoms with Crippen molar-refractivity contribution in [3.8, 4) is 0 Å². The predicted octanol–water partition coefficient (Wildman–Crippen LogP) is -0.623. The molecule has 25 heavy (non-hydrogen) atoms. The second-order valence-corrected chi connectivity index (χ2v) is 5.99. The first-order valence-corrected chi connectivity index (χ1v) is 8.05. The predicted molar refractivity (Wildman–Crippen MR) is 89.4 cm³/mol. The average Bonchev–Trinajstić information content (AvgIpc) is 3.24. The van der Waals surface area contributed by atoms with Gasteiger partial charge in [-0.3, -0.25) is 9.59 Å². The molecule has 2 heterocycles. The largest absolute Gasteiger partial charge is 0.475 e. The molecule has 2 aromatic rings. The van der Waals surface area contributed by atoms with E-state index in [1.165, 1.54) is 6.26 Å². The molecule has 0 bridgehead atoms. The highest BCUT2D eigenvalue weighted by Gasteiger charge is 2.30. The zero-order chi connectivity index (χ0) is 17.8. The number of hydrogen-bond donors (Lipinski definition) is 4. The van der Waals surface area contributed by atoms with Crippen LogP contribution in [-0.4, -0.2) is 54.2 Å². The van der Waals surface area contributed by atoms with Crippen LogP contribution in [0.25, 0.3) is 11.0 Å². The number of amides is 2. The minimum absolute atomic E-state index is 0.111. The van der Waals surface area contributed by atoms with Gasteiger partial charge in [0.05, 0.1) is 24.9 Å². The molecule has 1 aromatic carbocycles. The SMILES string of the molecule is O=C(NC1CCOC1)C(=O)NC(Cc1coc2ccccc12)B(O)O. The van der Waals surface area contributed by atoms with Crippen LogP contribution in [0.3, 0.4) is 0 Å². The van der Waals surface area contributed by atoms with Crippen molar-refractivity contribution in [1.29, 1.82) is 0 Å². The molecule has 8 nitrogen and oxygen atoms in total. The molecule has 2 unspecified atom stereocenters. The summed E-state index contributed by atoms with van der Waals surface area (Å²) >= 11 is 0. The van der Waals surface area contributed by atoms with Crippen molar-refractivity contribution in [2.75, 3.05) is 13.2 Å². The van der Waals surface area contributed by atoms with Crippen molar-refractivity contribution >= 4 is 29.9 Å². The van der Waals surface area contributed by atoms with Gasteiger partial charge in [-0.15, -0.1) is 0 Å². The van der Waals surface area contributed by atoms with Crippen LogP contribution in [0.5, 0.6) is 0 Å². The lowest BCUT2D eigenvalue weighted by Crippen LogP contribution is -2.53. The molecule has 9 heteroatoms. The van der Waals surface area contributed by atoms with Gasteiger partial charge in [0, 0.05) is 12.0 Å². The van der Waals surface area contributed by atoms with Gasteiger partial charge in [0.1, 0.15) is 5.58 Å². The lowest BCUT2D eigenvalue weighted by atomic mass is 9.76. The number of hydrogen-bond acceptors (Lipinski definition) is 6. The number of benzene rings is 1. The first kappa shape index (κ1) is 17.5. The van der Waals surface area contributed by atoms with Crippen LogP contribution in [0, 0.1) is 0 Å². The van der Waals surface area contributed by atoms with E-state index in [0.29, 0.717) is 30.8 Å². The van der Waals surface area contributed by atoms with Crippen LogP contribution < -0.4 is 10.6 Å². The van der Waals surface area contributed by atoms with Crippen LogP contribution in [-0.2, 0) is 20.7 Å². The van der Waals surface area contributed by atoms with Gasteiger partial charge < -0.3 is 29.8 Å². The highest BCUT2D eigenvalue weighted by Crippen LogP contribution is 2.22. The van der Waals surface area contributed by atoms with E-state index in [0.717, 1.165) is 5.39 Å². The Labute approximate surface area is 144 Å². The molecule has 0 aliphatic carbocycles. The van der Waals surface area contributed by atoms with E-state index >= 15 is 0 Å². The lowest BCUT2D eigenvalue weighted by Gasteiger charge is -2.18. The van der Waals surface area contributed by atoms with Crippen molar-refractivity contribution in [3.05, 3.63) is 36.1 Å². The Hall–Kier alpha value is -2.36. The van der Waals surface area contributed by atoms with Gasteiger partial charge in [0.25, 0.3) is 0 Å². The summed E-state index contributed by atoms with van der Waals surface area (Å²) in [5.41, 5.74) is 1.37. The van der Waals surface area contributed by atoms with Crippen molar-refractivity contribution in [2.24, 2.45) is 0 Å². The number of rotatable bonds is 5. The molecule has 0 radical (unpaired) electrons. The summed E-state index contributed by atoms with van der Waals surface area (Å²) in [7, 11) is -1.82. The quantitative estimate of drug-likeness (QED) is 0.423. The van der Waals surface area contributed by atoms with Crippen LogP contribution >= 0.6 is 0 Å². The average molecular weight is 346 g/mol. The second kappa shape index (κ2) is 7.69. The number of nitrogens with one attached hydrogen (secondary N) is 2. The summed E-state index contributed by atoms with van der Waals surface area (Å²) in [6, 6.07) is 7.09. The zero-order valence-electron chi connectivity index (χ0n) is 13.5. The van der Waals surface area contributed by atoms with Gasteiger partial charge in [-0.1, -0.05) is 18.2 Å². The Morgan fingerprint density at radius 3 is 2.80 bits per heavy atom. The monoisotopic (exact) mass is 346 g/mol. The summed E-state index contributed by atoms with van der Waals surface area (Å²) in [5.74, 6) is -2.78. The van der Waals surface area contributed by atoms with Crippen molar-refractivity contribution in [2.45, 2.75) is 24.8 Å². The molecule has 1 aliphatic rings. The van der Waals surface area contributed by atoms with Gasteiger partial charge >= 0.3 is 18.9 Å². The molecule has 1 fully saturated rings. The summed E-state index contributed by atoms with van der Waals surface area (Å²) in [6.07, 6.45) is 2.26. The van der Waals surface area contributed by atoms with Crippen molar-refractivity contribution in [3.63, 3.8) is 0 Å². The fraction of sp³-hybridized carbons (Fsp3) is 0.375. The normalized spacial score (nSPS) is 18.1. The van der Waals surface area contributed by atoms with Gasteiger partial charge in [-0.05, 0) is 24.5 Å². The number of fused-ring (bicyclic) bond motifs is 1. The fourth-order valence-corrected chi connectivity index (χ4v) is 2.79. The Morgan fingerprint density at radius 1 is 1.28 bits per heavy atom. The Balaban J connectivity index is 1.64. The van der Waals surface area contributed by atoms with E-state index in [2.05, 4.69) is 10.6 Å². The maximum atomic E-state index is 12.0. The van der Waals surface area contributed by atoms with Crippen molar-refractivity contribution in [1.82, 2.24) is 10.6 Å². The van der Waals surface area contributed by atoms with Gasteiger partial charge in [-0.2, -0.15) is 0 Å². The molecule has 1 aliphatic heterocycles. The number of carbonyl (C=O) groups is 2. The highest BCUT2D eigenvalue weighted by molar-refractivity contribution is 6.45. The van der Waals surface area contributed by atoms with E-state index in [9.17, 15) is 19.6 Å². The smallest absolute Gasteiger partial charge is 0.464 e. The Bertz CT molecular complexity index is 756. The topological polar surface area (TPSA) is 121 Å². The summed E-state index contributed by atoms with van der Waals surface area (Å²) in [5, 5.41) is 24.8. The van der Waals surface area contributed by atoms with E-state index in [-0.39, 0.29) is 12.5 Å². The molecular formula is C16H19BN2O6. The third-order valence-electron chi connectivity index (χ3n) is 4.15.